The van der Waals surface area contributed by atoms with Gasteiger partial charge in [-0.05, 0) is 38.5 Å². The molecule has 0 radical (unpaired) electrons. The molecule has 0 bridgehead atoms. The second kappa shape index (κ2) is 5.34. The summed E-state index contributed by atoms with van der Waals surface area (Å²) in [5.41, 5.74) is 0.305. The van der Waals surface area contributed by atoms with Gasteiger partial charge in [0.15, 0.2) is 0 Å². The molecule has 0 aliphatic carbocycles. The van der Waals surface area contributed by atoms with Crippen LogP contribution in [0, 0.1) is 11.7 Å². The van der Waals surface area contributed by atoms with Crippen molar-refractivity contribution in [2.75, 3.05) is 13.1 Å². The van der Waals surface area contributed by atoms with E-state index in [1.807, 2.05) is 20.8 Å². The highest BCUT2D eigenvalue weighted by Gasteiger charge is 2.42. The lowest BCUT2D eigenvalue weighted by atomic mass is 9.89. The van der Waals surface area contributed by atoms with Gasteiger partial charge < -0.3 is 5.11 Å². The SMILES string of the molecule is CC(C)(C)N1CC(c2ccc(Cl)cc2F)[C@@H](C(=O)O)C1. The largest absolute Gasteiger partial charge is 0.481 e. The van der Waals surface area contributed by atoms with Gasteiger partial charge in [-0.3, -0.25) is 9.69 Å². The van der Waals surface area contributed by atoms with Gasteiger partial charge in [0.2, 0.25) is 0 Å². The zero-order valence-corrected chi connectivity index (χ0v) is 12.6. The third-order valence-electron chi connectivity index (χ3n) is 3.95. The summed E-state index contributed by atoms with van der Waals surface area (Å²) >= 11 is 5.76. The molecule has 5 heteroatoms. The fraction of sp³-hybridized carbons (Fsp3) is 0.533. The molecular weight excluding hydrogens is 281 g/mol. The van der Waals surface area contributed by atoms with E-state index in [2.05, 4.69) is 4.90 Å². The lowest BCUT2D eigenvalue weighted by Crippen LogP contribution is -2.40. The molecule has 1 fully saturated rings. The maximum atomic E-state index is 14.1. The molecule has 1 aromatic rings. The van der Waals surface area contributed by atoms with E-state index >= 15 is 0 Å². The predicted molar refractivity (Wildman–Crippen MR) is 76.6 cm³/mol. The number of aliphatic carboxylic acids is 1. The van der Waals surface area contributed by atoms with E-state index in [9.17, 15) is 14.3 Å². The van der Waals surface area contributed by atoms with Gasteiger partial charge in [0, 0.05) is 29.6 Å². The van der Waals surface area contributed by atoms with Crippen LogP contribution in [0.15, 0.2) is 18.2 Å². The van der Waals surface area contributed by atoms with Crippen molar-refractivity contribution in [1.82, 2.24) is 4.90 Å². The van der Waals surface area contributed by atoms with Crippen molar-refractivity contribution in [1.29, 1.82) is 0 Å². The van der Waals surface area contributed by atoms with Gasteiger partial charge in [-0.15, -0.1) is 0 Å². The molecule has 0 spiro atoms. The minimum absolute atomic E-state index is 0.134. The molecule has 0 saturated carbocycles. The second-order valence-electron chi connectivity index (χ2n) is 6.29. The van der Waals surface area contributed by atoms with Gasteiger partial charge in [-0.1, -0.05) is 17.7 Å². The van der Waals surface area contributed by atoms with Crippen molar-refractivity contribution in [3.05, 3.63) is 34.6 Å². The Morgan fingerprint density at radius 3 is 2.55 bits per heavy atom. The fourth-order valence-corrected chi connectivity index (χ4v) is 2.88. The molecular formula is C15H19ClFNO2. The Morgan fingerprint density at radius 2 is 2.05 bits per heavy atom. The molecule has 1 unspecified atom stereocenters. The zero-order valence-electron chi connectivity index (χ0n) is 11.9. The fourth-order valence-electron chi connectivity index (χ4n) is 2.72. The Bertz CT molecular complexity index is 527. The van der Waals surface area contributed by atoms with Crippen LogP contribution in [0.5, 0.6) is 0 Å². The quantitative estimate of drug-likeness (QED) is 0.910. The maximum Gasteiger partial charge on any atom is 0.308 e. The third kappa shape index (κ3) is 2.96. The van der Waals surface area contributed by atoms with Crippen LogP contribution >= 0.6 is 11.6 Å². The van der Waals surface area contributed by atoms with Crippen molar-refractivity contribution in [2.45, 2.75) is 32.2 Å². The van der Waals surface area contributed by atoms with Gasteiger partial charge in [0.1, 0.15) is 5.82 Å². The first-order valence-corrected chi connectivity index (χ1v) is 7.00. The van der Waals surface area contributed by atoms with E-state index in [4.69, 9.17) is 11.6 Å². The lowest BCUT2D eigenvalue weighted by Gasteiger charge is -2.31. The molecule has 1 saturated heterocycles. The first kappa shape index (κ1) is 15.3. The molecule has 3 nitrogen and oxygen atoms in total. The predicted octanol–water partition coefficient (Wildman–Crippen LogP) is 3.38. The Kier molecular flexibility index (Phi) is 4.07. The van der Waals surface area contributed by atoms with E-state index in [0.29, 0.717) is 23.7 Å². The summed E-state index contributed by atoms with van der Waals surface area (Å²) in [7, 11) is 0. The van der Waals surface area contributed by atoms with E-state index in [1.165, 1.54) is 6.07 Å². The first-order chi connectivity index (χ1) is 9.20. The van der Waals surface area contributed by atoms with Crippen LogP contribution in [0.3, 0.4) is 0 Å². The number of carboxylic acid groups (broad SMARTS) is 1. The summed E-state index contributed by atoms with van der Waals surface area (Å²) in [5, 5.41) is 9.72. The number of hydrogen-bond donors (Lipinski definition) is 1. The summed E-state index contributed by atoms with van der Waals surface area (Å²) in [5.74, 6) is -2.24. The summed E-state index contributed by atoms with van der Waals surface area (Å²) in [6.45, 7) is 7.08. The first-order valence-electron chi connectivity index (χ1n) is 6.63. The molecule has 1 aliphatic heterocycles. The monoisotopic (exact) mass is 299 g/mol. The second-order valence-corrected chi connectivity index (χ2v) is 6.73. The van der Waals surface area contributed by atoms with Crippen molar-refractivity contribution >= 4 is 17.6 Å². The van der Waals surface area contributed by atoms with Crippen LogP contribution in [0.4, 0.5) is 4.39 Å². The molecule has 0 aromatic heterocycles. The van der Waals surface area contributed by atoms with Crippen LogP contribution < -0.4 is 0 Å². The molecule has 20 heavy (non-hydrogen) atoms. The van der Waals surface area contributed by atoms with Gasteiger partial charge >= 0.3 is 5.97 Å². The van der Waals surface area contributed by atoms with E-state index < -0.39 is 17.7 Å². The number of carboxylic acids is 1. The Labute approximate surface area is 123 Å². The smallest absolute Gasteiger partial charge is 0.308 e. The molecule has 2 atom stereocenters. The van der Waals surface area contributed by atoms with Crippen LogP contribution in [-0.4, -0.2) is 34.6 Å². The highest BCUT2D eigenvalue weighted by atomic mass is 35.5. The number of carbonyl (C=O) groups is 1. The van der Waals surface area contributed by atoms with Gasteiger partial charge in [-0.2, -0.15) is 0 Å². The molecule has 0 amide bonds. The number of hydrogen-bond acceptors (Lipinski definition) is 2. The standard InChI is InChI=1S/C15H19ClFNO2/c1-15(2,3)18-7-11(12(8-18)14(19)20)10-5-4-9(16)6-13(10)17/h4-6,11-12H,7-8H2,1-3H3,(H,19,20)/t11?,12-/m0/s1. The van der Waals surface area contributed by atoms with Crippen molar-refractivity contribution in [2.24, 2.45) is 5.92 Å². The van der Waals surface area contributed by atoms with Gasteiger partial charge in [-0.25, -0.2) is 4.39 Å². The number of halogens is 2. The summed E-state index contributed by atoms with van der Waals surface area (Å²) in [6, 6.07) is 4.46. The average molecular weight is 300 g/mol. The number of rotatable bonds is 2. The summed E-state index contributed by atoms with van der Waals surface area (Å²) in [4.78, 5) is 13.5. The van der Waals surface area contributed by atoms with Crippen LogP contribution in [-0.2, 0) is 4.79 Å². The highest BCUT2D eigenvalue weighted by molar-refractivity contribution is 6.30. The maximum absolute atomic E-state index is 14.1. The molecule has 1 N–H and O–H groups in total. The number of likely N-dealkylation sites (tertiary alicyclic amines) is 1. The van der Waals surface area contributed by atoms with E-state index in [-0.39, 0.29) is 11.5 Å². The van der Waals surface area contributed by atoms with Crippen molar-refractivity contribution < 1.29 is 14.3 Å². The van der Waals surface area contributed by atoms with E-state index in [0.717, 1.165) is 0 Å². The van der Waals surface area contributed by atoms with Crippen LogP contribution in [0.25, 0.3) is 0 Å². The molecule has 1 aromatic carbocycles. The van der Waals surface area contributed by atoms with Crippen molar-refractivity contribution in [3.8, 4) is 0 Å². The minimum atomic E-state index is -0.879. The Morgan fingerprint density at radius 1 is 1.40 bits per heavy atom. The van der Waals surface area contributed by atoms with Crippen LogP contribution in [0.2, 0.25) is 5.02 Å². The number of benzene rings is 1. The number of nitrogens with zero attached hydrogens (tertiary/aromatic N) is 1. The minimum Gasteiger partial charge on any atom is -0.481 e. The lowest BCUT2D eigenvalue weighted by molar-refractivity contribution is -0.141. The van der Waals surface area contributed by atoms with Gasteiger partial charge in [0.25, 0.3) is 0 Å². The normalized spacial score (nSPS) is 24.1. The van der Waals surface area contributed by atoms with Crippen molar-refractivity contribution in [3.63, 3.8) is 0 Å². The summed E-state index contributed by atoms with van der Waals surface area (Å²) in [6.07, 6.45) is 0. The van der Waals surface area contributed by atoms with E-state index in [1.54, 1.807) is 12.1 Å². The van der Waals surface area contributed by atoms with Crippen LogP contribution in [0.1, 0.15) is 32.3 Å². The molecule has 1 heterocycles. The third-order valence-corrected chi connectivity index (χ3v) is 4.18. The topological polar surface area (TPSA) is 40.5 Å². The molecule has 2 rings (SSSR count). The highest BCUT2D eigenvalue weighted by Crippen LogP contribution is 2.37. The summed E-state index contributed by atoms with van der Waals surface area (Å²) < 4.78 is 14.1. The van der Waals surface area contributed by atoms with Gasteiger partial charge in [0.05, 0.1) is 5.92 Å². The Balaban J connectivity index is 2.35. The molecule has 1 aliphatic rings. The average Bonchev–Trinajstić information content (AvgIpc) is 2.73. The Hall–Kier alpha value is -1.13. The molecule has 110 valence electrons. The zero-order chi connectivity index (χ0) is 15.1.